The number of benzene rings is 2. The number of carbonyl (C=O) groups excluding carboxylic acids is 1. The molecule has 2 aromatic rings. The van der Waals surface area contributed by atoms with Crippen LogP contribution in [0.25, 0.3) is 6.08 Å². The Kier molecular flexibility index (Phi) is 6.79. The molecular formula is C22H20FNO5S. The van der Waals surface area contributed by atoms with Crippen molar-refractivity contribution in [1.82, 2.24) is 0 Å². The number of esters is 1. The van der Waals surface area contributed by atoms with E-state index in [-0.39, 0.29) is 39.3 Å². The lowest BCUT2D eigenvalue weighted by molar-refractivity contribution is -0.138. The first kappa shape index (κ1) is 21.4. The van der Waals surface area contributed by atoms with Crippen molar-refractivity contribution < 1.29 is 28.9 Å². The number of ether oxygens (including phenoxy) is 2. The summed E-state index contributed by atoms with van der Waals surface area (Å²) in [6.07, 6.45) is 1.50. The highest BCUT2D eigenvalue weighted by Crippen LogP contribution is 2.42. The molecule has 0 atom stereocenters. The maximum atomic E-state index is 14.1. The maximum absolute atomic E-state index is 14.1. The van der Waals surface area contributed by atoms with Crippen molar-refractivity contribution in [3.05, 3.63) is 70.1 Å². The highest BCUT2D eigenvalue weighted by molar-refractivity contribution is 8.18. The van der Waals surface area contributed by atoms with Crippen LogP contribution in [0.15, 0.2) is 63.7 Å². The van der Waals surface area contributed by atoms with E-state index in [1.165, 1.54) is 24.3 Å². The van der Waals surface area contributed by atoms with Gasteiger partial charge in [-0.1, -0.05) is 36.0 Å². The Balaban J connectivity index is 2.08. The minimum Gasteiger partial charge on any atom is -0.506 e. The van der Waals surface area contributed by atoms with Gasteiger partial charge in [0.25, 0.3) is 0 Å². The van der Waals surface area contributed by atoms with E-state index in [1.807, 2.05) is 0 Å². The number of hydrogen-bond acceptors (Lipinski definition) is 7. The number of para-hydroxylation sites is 2. The Hall–Kier alpha value is -3.26. The fourth-order valence-electron chi connectivity index (χ4n) is 2.71. The molecule has 1 aliphatic rings. The van der Waals surface area contributed by atoms with Gasteiger partial charge in [0.05, 0.1) is 18.1 Å². The second-order valence-electron chi connectivity index (χ2n) is 6.05. The van der Waals surface area contributed by atoms with E-state index in [4.69, 9.17) is 9.47 Å². The van der Waals surface area contributed by atoms with Crippen molar-refractivity contribution in [3.63, 3.8) is 0 Å². The summed E-state index contributed by atoms with van der Waals surface area (Å²) in [7, 11) is 0. The van der Waals surface area contributed by atoms with E-state index >= 15 is 0 Å². The molecule has 1 heterocycles. The molecule has 156 valence electrons. The second kappa shape index (κ2) is 9.49. The Labute approximate surface area is 177 Å². The molecule has 1 aliphatic heterocycles. The fraction of sp³-hybridized carbons (Fsp3) is 0.182. The molecule has 2 N–H and O–H groups in total. The number of aliphatic hydroxyl groups is 1. The largest absolute Gasteiger partial charge is 0.506 e. The number of hydrogen-bond donors (Lipinski definition) is 2. The number of halogens is 1. The topological polar surface area (TPSA) is 88.4 Å². The Morgan fingerprint density at radius 1 is 1.13 bits per heavy atom. The molecule has 0 saturated heterocycles. The predicted octanol–water partition coefficient (Wildman–Crippen LogP) is 5.12. The summed E-state index contributed by atoms with van der Waals surface area (Å²) < 4.78 is 24.5. The number of aliphatic hydroxyl groups excluding tert-OH is 1. The third-order valence-corrected chi connectivity index (χ3v) is 5.08. The Morgan fingerprint density at radius 3 is 2.60 bits per heavy atom. The smallest absolute Gasteiger partial charge is 0.344 e. The van der Waals surface area contributed by atoms with Crippen molar-refractivity contribution in [2.24, 2.45) is 4.99 Å². The van der Waals surface area contributed by atoms with Crippen LogP contribution in [0.3, 0.4) is 0 Å². The lowest BCUT2D eigenvalue weighted by Gasteiger charge is -2.08. The quantitative estimate of drug-likeness (QED) is 0.620. The number of phenols is 1. The van der Waals surface area contributed by atoms with E-state index < -0.39 is 11.8 Å². The van der Waals surface area contributed by atoms with Gasteiger partial charge in [-0.05, 0) is 38.1 Å². The third-order valence-electron chi connectivity index (χ3n) is 4.06. The van der Waals surface area contributed by atoms with Crippen molar-refractivity contribution in [2.45, 2.75) is 13.8 Å². The molecule has 0 fully saturated rings. The number of aliphatic imine (C=N–C) groups is 1. The van der Waals surface area contributed by atoms with Crippen molar-refractivity contribution in [2.75, 3.05) is 13.2 Å². The molecule has 0 saturated carbocycles. The minimum atomic E-state index is -0.770. The number of aromatic hydroxyl groups is 1. The first-order valence-electron chi connectivity index (χ1n) is 9.24. The van der Waals surface area contributed by atoms with E-state index in [0.29, 0.717) is 17.9 Å². The molecule has 0 amide bonds. The molecule has 2 aromatic carbocycles. The first-order valence-corrected chi connectivity index (χ1v) is 10.1. The summed E-state index contributed by atoms with van der Waals surface area (Å²) in [4.78, 5) is 16.9. The zero-order valence-electron chi connectivity index (χ0n) is 16.4. The molecule has 6 nitrogen and oxygen atoms in total. The van der Waals surface area contributed by atoms with Gasteiger partial charge >= 0.3 is 5.97 Å². The highest BCUT2D eigenvalue weighted by atomic mass is 32.2. The molecule has 0 bridgehead atoms. The van der Waals surface area contributed by atoms with E-state index in [0.717, 1.165) is 11.8 Å². The average molecular weight is 429 g/mol. The van der Waals surface area contributed by atoms with Gasteiger partial charge in [0.2, 0.25) is 0 Å². The van der Waals surface area contributed by atoms with Crippen LogP contribution in [0.4, 0.5) is 10.1 Å². The van der Waals surface area contributed by atoms with Gasteiger partial charge in [-0.25, -0.2) is 14.2 Å². The molecule has 3 rings (SSSR count). The minimum absolute atomic E-state index is 0.0250. The highest BCUT2D eigenvalue weighted by Gasteiger charge is 2.33. The summed E-state index contributed by atoms with van der Waals surface area (Å²) in [5.41, 5.74) is 0.249. The lowest BCUT2D eigenvalue weighted by atomic mass is 10.1. The van der Waals surface area contributed by atoms with E-state index in [2.05, 4.69) is 4.99 Å². The molecule has 0 aliphatic carbocycles. The van der Waals surface area contributed by atoms with E-state index in [1.54, 1.807) is 38.1 Å². The average Bonchev–Trinajstić information content (AvgIpc) is 3.02. The van der Waals surface area contributed by atoms with Crippen LogP contribution in [-0.2, 0) is 9.53 Å². The number of thioether (sulfide) groups is 1. The summed E-state index contributed by atoms with van der Waals surface area (Å²) in [5.74, 6) is -1.49. The molecule has 8 heteroatoms. The SMILES string of the molecule is CCOC(=O)C1=C(O)/C(=C\c2cccc(OCC)c2O)SC1=Nc1ccccc1F. The first-order chi connectivity index (χ1) is 14.5. The van der Waals surface area contributed by atoms with Crippen molar-refractivity contribution in [1.29, 1.82) is 0 Å². The normalized spacial score (nSPS) is 16.4. The van der Waals surface area contributed by atoms with Gasteiger partial charge in [0, 0.05) is 5.56 Å². The summed E-state index contributed by atoms with van der Waals surface area (Å²) in [5, 5.41) is 21.2. The predicted molar refractivity (Wildman–Crippen MR) is 115 cm³/mol. The Morgan fingerprint density at radius 2 is 1.90 bits per heavy atom. The summed E-state index contributed by atoms with van der Waals surface area (Å²) in [6.45, 7) is 3.91. The van der Waals surface area contributed by atoms with Crippen LogP contribution in [0.2, 0.25) is 0 Å². The molecule has 0 spiro atoms. The molecule has 0 radical (unpaired) electrons. The zero-order valence-corrected chi connectivity index (χ0v) is 17.2. The monoisotopic (exact) mass is 429 g/mol. The van der Waals surface area contributed by atoms with Crippen LogP contribution in [0.1, 0.15) is 19.4 Å². The third kappa shape index (κ3) is 4.49. The van der Waals surface area contributed by atoms with Gasteiger partial charge in [-0.2, -0.15) is 0 Å². The van der Waals surface area contributed by atoms with Crippen molar-refractivity contribution >= 4 is 34.5 Å². The van der Waals surface area contributed by atoms with Gasteiger partial charge < -0.3 is 19.7 Å². The van der Waals surface area contributed by atoms with Crippen LogP contribution < -0.4 is 4.74 Å². The number of phenolic OH excluding ortho intramolecular Hbond substituents is 1. The fourth-order valence-corrected chi connectivity index (χ4v) is 3.73. The molecular weight excluding hydrogens is 409 g/mol. The molecule has 30 heavy (non-hydrogen) atoms. The Bertz CT molecular complexity index is 1060. The van der Waals surface area contributed by atoms with E-state index in [9.17, 15) is 19.4 Å². The molecule has 0 unspecified atom stereocenters. The number of carbonyl (C=O) groups is 1. The standard InChI is InChI=1S/C22H20FNO5S/c1-3-28-16-11-7-8-13(19(16)25)12-17-20(26)18(22(27)29-4-2)21(30-17)24-15-10-6-5-9-14(15)23/h5-12,25-26H,3-4H2,1-2H3/b17-12+,24-21?. The van der Waals surface area contributed by atoms with Gasteiger partial charge in [0.15, 0.2) is 11.5 Å². The van der Waals surface area contributed by atoms with Gasteiger partial charge in [0.1, 0.15) is 27.9 Å². The summed E-state index contributed by atoms with van der Waals surface area (Å²) in [6, 6.07) is 10.8. The van der Waals surface area contributed by atoms with Crippen LogP contribution in [-0.4, -0.2) is 34.4 Å². The number of rotatable bonds is 6. The van der Waals surface area contributed by atoms with Gasteiger partial charge in [-0.3, -0.25) is 0 Å². The van der Waals surface area contributed by atoms with Gasteiger partial charge in [-0.15, -0.1) is 0 Å². The molecule has 0 aromatic heterocycles. The van der Waals surface area contributed by atoms with Crippen LogP contribution in [0.5, 0.6) is 11.5 Å². The van der Waals surface area contributed by atoms with Crippen LogP contribution >= 0.6 is 11.8 Å². The van der Waals surface area contributed by atoms with Crippen molar-refractivity contribution in [3.8, 4) is 11.5 Å². The lowest BCUT2D eigenvalue weighted by Crippen LogP contribution is -2.12. The zero-order chi connectivity index (χ0) is 21.7. The number of nitrogens with zero attached hydrogens (tertiary/aromatic N) is 1. The van der Waals surface area contributed by atoms with Crippen LogP contribution in [0, 0.1) is 5.82 Å². The maximum Gasteiger partial charge on any atom is 0.344 e. The summed E-state index contributed by atoms with van der Waals surface area (Å²) >= 11 is 0.975. The second-order valence-corrected chi connectivity index (χ2v) is 7.08.